The molecule has 0 aromatic heterocycles. The summed E-state index contributed by atoms with van der Waals surface area (Å²) < 4.78 is 32.1. The maximum absolute atomic E-state index is 12.7. The molecule has 1 saturated heterocycles. The Morgan fingerprint density at radius 3 is 2.59 bits per heavy atom. The van der Waals surface area contributed by atoms with Crippen molar-refractivity contribution in [1.82, 2.24) is 4.31 Å². The van der Waals surface area contributed by atoms with Crippen molar-refractivity contribution in [2.75, 3.05) is 37.9 Å². The Balaban J connectivity index is 2.29. The molecule has 1 amide bonds. The number of para-hydroxylation sites is 1. The normalized spacial score (nSPS) is 17.9. The van der Waals surface area contributed by atoms with Crippen LogP contribution in [0.25, 0.3) is 0 Å². The van der Waals surface area contributed by atoms with Crippen LogP contribution in [-0.2, 0) is 19.6 Å². The summed E-state index contributed by atoms with van der Waals surface area (Å²) in [4.78, 5) is 12.2. The zero-order valence-electron chi connectivity index (χ0n) is 12.6. The molecule has 1 aromatic carbocycles. The van der Waals surface area contributed by atoms with Crippen LogP contribution in [0.3, 0.4) is 0 Å². The SMILES string of the molecule is CS[C@H](C)C(=O)Nc1ccccc1S(=O)(=O)N1CCOCC1. The van der Waals surface area contributed by atoms with E-state index in [2.05, 4.69) is 5.32 Å². The first-order valence-corrected chi connectivity index (χ1v) is 9.70. The van der Waals surface area contributed by atoms with Crippen molar-refractivity contribution in [3.63, 3.8) is 0 Å². The Hall–Kier alpha value is -1.09. The number of morpholine rings is 1. The van der Waals surface area contributed by atoms with E-state index < -0.39 is 10.0 Å². The first-order valence-electron chi connectivity index (χ1n) is 6.97. The van der Waals surface area contributed by atoms with Crippen molar-refractivity contribution in [1.29, 1.82) is 0 Å². The molecule has 0 saturated carbocycles. The molecule has 1 aliphatic rings. The van der Waals surface area contributed by atoms with Gasteiger partial charge in [-0.25, -0.2) is 8.42 Å². The quantitative estimate of drug-likeness (QED) is 0.874. The Kier molecular flexibility index (Phi) is 5.85. The number of anilines is 1. The maximum atomic E-state index is 12.7. The molecule has 1 atom stereocenters. The molecular formula is C14H20N2O4S2. The van der Waals surface area contributed by atoms with E-state index in [1.165, 1.54) is 22.1 Å². The minimum Gasteiger partial charge on any atom is -0.379 e. The van der Waals surface area contributed by atoms with Crippen LogP contribution in [-0.4, -0.2) is 56.4 Å². The molecule has 8 heteroatoms. The zero-order chi connectivity index (χ0) is 16.2. The van der Waals surface area contributed by atoms with Crippen LogP contribution in [0.2, 0.25) is 0 Å². The molecule has 0 unspecified atom stereocenters. The van der Waals surface area contributed by atoms with Crippen LogP contribution in [0, 0.1) is 0 Å². The van der Waals surface area contributed by atoms with Gasteiger partial charge in [0.05, 0.1) is 24.2 Å². The van der Waals surface area contributed by atoms with Crippen LogP contribution in [0.5, 0.6) is 0 Å². The lowest BCUT2D eigenvalue weighted by Crippen LogP contribution is -2.41. The minimum atomic E-state index is -3.64. The Labute approximate surface area is 135 Å². The van der Waals surface area contributed by atoms with Crippen molar-refractivity contribution in [3.05, 3.63) is 24.3 Å². The second-order valence-electron chi connectivity index (χ2n) is 4.88. The van der Waals surface area contributed by atoms with Crippen LogP contribution < -0.4 is 5.32 Å². The summed E-state index contributed by atoms with van der Waals surface area (Å²) in [6.45, 7) is 3.20. The lowest BCUT2D eigenvalue weighted by Gasteiger charge is -2.27. The highest BCUT2D eigenvalue weighted by Gasteiger charge is 2.29. The standard InChI is InChI=1S/C14H20N2O4S2/c1-11(21-2)14(17)15-12-5-3-4-6-13(12)22(18,19)16-7-9-20-10-8-16/h3-6,11H,7-10H2,1-2H3,(H,15,17)/t11-/m1/s1. The summed E-state index contributed by atoms with van der Waals surface area (Å²) in [5.74, 6) is -0.211. The molecule has 1 N–H and O–H groups in total. The molecule has 0 bridgehead atoms. The van der Waals surface area contributed by atoms with Crippen molar-refractivity contribution in [3.8, 4) is 0 Å². The van der Waals surface area contributed by atoms with E-state index in [1.54, 1.807) is 25.1 Å². The fourth-order valence-electron chi connectivity index (χ4n) is 2.06. The fourth-order valence-corrected chi connectivity index (χ4v) is 3.89. The number of rotatable bonds is 5. The molecule has 1 aromatic rings. The van der Waals surface area contributed by atoms with Crippen LogP contribution >= 0.6 is 11.8 Å². The number of nitrogens with one attached hydrogen (secondary N) is 1. The van der Waals surface area contributed by atoms with Gasteiger partial charge in [0.15, 0.2) is 0 Å². The number of benzene rings is 1. The van der Waals surface area contributed by atoms with Gasteiger partial charge >= 0.3 is 0 Å². The Bertz CT molecular complexity index is 627. The second-order valence-corrected chi connectivity index (χ2v) is 7.96. The molecule has 1 aliphatic heterocycles. The predicted molar refractivity (Wildman–Crippen MR) is 87.6 cm³/mol. The maximum Gasteiger partial charge on any atom is 0.245 e. The topological polar surface area (TPSA) is 75.7 Å². The summed E-state index contributed by atoms with van der Waals surface area (Å²) in [7, 11) is -3.64. The molecule has 0 aliphatic carbocycles. The van der Waals surface area contributed by atoms with Gasteiger partial charge in [-0.05, 0) is 25.3 Å². The number of carbonyl (C=O) groups excluding carboxylic acids is 1. The van der Waals surface area contributed by atoms with E-state index in [0.29, 0.717) is 32.0 Å². The summed E-state index contributed by atoms with van der Waals surface area (Å²) >= 11 is 1.41. The van der Waals surface area contributed by atoms with Gasteiger partial charge in [-0.1, -0.05) is 12.1 Å². The summed E-state index contributed by atoms with van der Waals surface area (Å²) in [5.41, 5.74) is 0.319. The van der Waals surface area contributed by atoms with Crippen LogP contribution in [0.15, 0.2) is 29.2 Å². The Morgan fingerprint density at radius 2 is 1.95 bits per heavy atom. The van der Waals surface area contributed by atoms with E-state index in [4.69, 9.17) is 4.74 Å². The van der Waals surface area contributed by atoms with Crippen LogP contribution in [0.1, 0.15) is 6.92 Å². The van der Waals surface area contributed by atoms with Gasteiger partial charge in [-0.2, -0.15) is 16.1 Å². The lowest BCUT2D eigenvalue weighted by atomic mass is 10.3. The third-order valence-corrected chi connectivity index (χ3v) is 6.33. The third-order valence-electron chi connectivity index (χ3n) is 3.46. The first-order chi connectivity index (χ1) is 10.5. The minimum absolute atomic E-state index is 0.124. The van der Waals surface area contributed by atoms with Crippen LogP contribution in [0.4, 0.5) is 5.69 Å². The van der Waals surface area contributed by atoms with Crippen molar-refractivity contribution in [2.45, 2.75) is 17.1 Å². The van der Waals surface area contributed by atoms with Crippen molar-refractivity contribution in [2.24, 2.45) is 0 Å². The third kappa shape index (κ3) is 3.81. The molecule has 22 heavy (non-hydrogen) atoms. The van der Waals surface area contributed by atoms with Gasteiger partial charge in [-0.15, -0.1) is 0 Å². The number of thioether (sulfide) groups is 1. The van der Waals surface area contributed by atoms with Gasteiger partial charge in [0.2, 0.25) is 15.9 Å². The number of carbonyl (C=O) groups is 1. The summed E-state index contributed by atoms with van der Waals surface area (Å²) in [6, 6.07) is 6.49. The lowest BCUT2D eigenvalue weighted by molar-refractivity contribution is -0.115. The number of hydrogen-bond acceptors (Lipinski definition) is 5. The highest BCUT2D eigenvalue weighted by Crippen LogP contribution is 2.25. The van der Waals surface area contributed by atoms with E-state index >= 15 is 0 Å². The average Bonchev–Trinajstić information content (AvgIpc) is 2.55. The predicted octanol–water partition coefficient (Wildman–Crippen LogP) is 1.40. The van der Waals surface area contributed by atoms with Gasteiger partial charge in [0, 0.05) is 13.1 Å². The zero-order valence-corrected chi connectivity index (χ0v) is 14.2. The summed E-state index contributed by atoms with van der Waals surface area (Å²) in [5, 5.41) is 2.46. The monoisotopic (exact) mass is 344 g/mol. The molecular weight excluding hydrogens is 324 g/mol. The van der Waals surface area contributed by atoms with Crippen molar-refractivity contribution >= 4 is 33.4 Å². The molecule has 1 fully saturated rings. The number of sulfonamides is 1. The van der Waals surface area contributed by atoms with E-state index in [-0.39, 0.29) is 16.1 Å². The largest absolute Gasteiger partial charge is 0.379 e. The molecule has 6 nitrogen and oxygen atoms in total. The molecule has 2 rings (SSSR count). The van der Waals surface area contributed by atoms with Gasteiger partial charge in [-0.3, -0.25) is 4.79 Å². The van der Waals surface area contributed by atoms with Crippen molar-refractivity contribution < 1.29 is 17.9 Å². The first kappa shape index (κ1) is 17.3. The second kappa shape index (κ2) is 7.45. The van der Waals surface area contributed by atoms with E-state index in [1.807, 2.05) is 6.26 Å². The van der Waals surface area contributed by atoms with Gasteiger partial charge in [0.25, 0.3) is 0 Å². The van der Waals surface area contributed by atoms with E-state index in [0.717, 1.165) is 0 Å². The highest BCUT2D eigenvalue weighted by atomic mass is 32.2. The number of amides is 1. The number of nitrogens with zero attached hydrogens (tertiary/aromatic N) is 1. The summed E-state index contributed by atoms with van der Waals surface area (Å²) in [6.07, 6.45) is 1.83. The van der Waals surface area contributed by atoms with Gasteiger partial charge in [0.1, 0.15) is 4.90 Å². The Morgan fingerprint density at radius 1 is 1.32 bits per heavy atom. The number of ether oxygens (including phenoxy) is 1. The van der Waals surface area contributed by atoms with E-state index in [9.17, 15) is 13.2 Å². The molecule has 1 heterocycles. The highest BCUT2D eigenvalue weighted by molar-refractivity contribution is 7.99. The molecule has 0 radical (unpaired) electrons. The fraction of sp³-hybridized carbons (Fsp3) is 0.500. The molecule has 0 spiro atoms. The van der Waals surface area contributed by atoms with Gasteiger partial charge < -0.3 is 10.1 Å². The smallest absolute Gasteiger partial charge is 0.245 e. The number of hydrogen-bond donors (Lipinski definition) is 1. The average molecular weight is 344 g/mol. The molecule has 122 valence electrons.